The Labute approximate surface area is 113 Å². The minimum absolute atomic E-state index is 0.232. The average Bonchev–Trinajstić information content (AvgIpc) is 3.24. The summed E-state index contributed by atoms with van der Waals surface area (Å²) in [6, 6.07) is 20.5. The number of hydrogen-bond acceptors (Lipinski definition) is 2. The molecule has 0 heterocycles. The summed E-state index contributed by atoms with van der Waals surface area (Å²) in [5, 5.41) is 9.61. The number of nitrogens with zero attached hydrogens (tertiary/aromatic N) is 1. The fraction of sp³-hybridized carbons (Fsp3) is 0.235. The average molecular weight is 249 g/mol. The Balaban J connectivity index is 2.00. The lowest BCUT2D eigenvalue weighted by molar-refractivity contribution is 0.409. The van der Waals surface area contributed by atoms with Crippen molar-refractivity contribution < 1.29 is 4.74 Å². The van der Waals surface area contributed by atoms with E-state index in [1.54, 1.807) is 7.11 Å². The minimum atomic E-state index is -0.379. The van der Waals surface area contributed by atoms with E-state index in [0.717, 1.165) is 23.3 Å². The number of methoxy groups -OCH3 is 1. The van der Waals surface area contributed by atoms with E-state index >= 15 is 0 Å². The Morgan fingerprint density at radius 3 is 2.47 bits per heavy atom. The number of benzene rings is 2. The van der Waals surface area contributed by atoms with Gasteiger partial charge < -0.3 is 4.74 Å². The molecule has 19 heavy (non-hydrogen) atoms. The summed E-state index contributed by atoms with van der Waals surface area (Å²) in [6.45, 7) is 0. The molecule has 2 atom stereocenters. The molecule has 2 aromatic carbocycles. The van der Waals surface area contributed by atoms with Gasteiger partial charge in [0, 0.05) is 5.92 Å². The van der Waals surface area contributed by atoms with Crippen molar-refractivity contribution in [2.45, 2.75) is 17.8 Å². The Hall–Kier alpha value is -2.27. The van der Waals surface area contributed by atoms with Crippen LogP contribution in [0, 0.1) is 11.3 Å². The molecule has 0 amide bonds. The van der Waals surface area contributed by atoms with Crippen LogP contribution in [0.25, 0.3) is 0 Å². The maximum Gasteiger partial charge on any atom is 0.122 e. The van der Waals surface area contributed by atoms with Crippen LogP contribution in [0.5, 0.6) is 5.75 Å². The van der Waals surface area contributed by atoms with Crippen LogP contribution in [0.4, 0.5) is 0 Å². The first-order chi connectivity index (χ1) is 9.31. The molecule has 0 bridgehead atoms. The van der Waals surface area contributed by atoms with E-state index in [1.807, 2.05) is 48.5 Å². The third kappa shape index (κ3) is 1.79. The monoisotopic (exact) mass is 249 g/mol. The third-order valence-electron chi connectivity index (χ3n) is 3.96. The van der Waals surface area contributed by atoms with E-state index in [2.05, 4.69) is 12.1 Å². The summed E-state index contributed by atoms with van der Waals surface area (Å²) in [5.74, 6) is 1.11. The highest BCUT2D eigenvalue weighted by Gasteiger charge is 2.57. The fourth-order valence-corrected chi connectivity index (χ4v) is 2.84. The second kappa shape index (κ2) is 4.44. The summed E-state index contributed by atoms with van der Waals surface area (Å²) in [4.78, 5) is 0. The second-order valence-corrected chi connectivity index (χ2v) is 4.95. The molecular formula is C17H15NO. The van der Waals surface area contributed by atoms with Gasteiger partial charge in [-0.25, -0.2) is 0 Å². The third-order valence-corrected chi connectivity index (χ3v) is 3.96. The molecule has 0 N–H and O–H groups in total. The van der Waals surface area contributed by atoms with Gasteiger partial charge in [0.2, 0.25) is 0 Å². The van der Waals surface area contributed by atoms with Crippen LogP contribution in [0.1, 0.15) is 23.5 Å². The van der Waals surface area contributed by atoms with E-state index in [0.29, 0.717) is 0 Å². The van der Waals surface area contributed by atoms with Gasteiger partial charge in [-0.05, 0) is 23.6 Å². The molecule has 1 saturated carbocycles. The molecule has 0 saturated heterocycles. The van der Waals surface area contributed by atoms with E-state index < -0.39 is 0 Å². The molecular weight excluding hydrogens is 234 g/mol. The highest BCUT2D eigenvalue weighted by atomic mass is 16.5. The van der Waals surface area contributed by atoms with Crippen LogP contribution < -0.4 is 4.74 Å². The predicted octanol–water partition coefficient (Wildman–Crippen LogP) is 3.64. The zero-order chi connectivity index (χ0) is 13.3. The molecule has 3 rings (SSSR count). The number of nitriles is 1. The SMILES string of the molecule is COc1ccccc1[C@H]1C[C@]1(C#N)c1ccccc1. The van der Waals surface area contributed by atoms with Crippen molar-refractivity contribution in [3.8, 4) is 11.8 Å². The van der Waals surface area contributed by atoms with Gasteiger partial charge in [-0.3, -0.25) is 0 Å². The van der Waals surface area contributed by atoms with Crippen molar-refractivity contribution in [3.63, 3.8) is 0 Å². The lowest BCUT2D eigenvalue weighted by atomic mass is 9.92. The molecule has 0 aromatic heterocycles. The van der Waals surface area contributed by atoms with Crippen molar-refractivity contribution in [1.82, 2.24) is 0 Å². The van der Waals surface area contributed by atoms with Crippen LogP contribution in [-0.4, -0.2) is 7.11 Å². The topological polar surface area (TPSA) is 33.0 Å². The Morgan fingerprint density at radius 2 is 1.79 bits per heavy atom. The summed E-state index contributed by atoms with van der Waals surface area (Å²) >= 11 is 0. The van der Waals surface area contributed by atoms with Gasteiger partial charge in [0.05, 0.1) is 18.6 Å². The van der Waals surface area contributed by atoms with Crippen LogP contribution in [0.3, 0.4) is 0 Å². The fourth-order valence-electron chi connectivity index (χ4n) is 2.84. The van der Waals surface area contributed by atoms with Crippen molar-refractivity contribution in [3.05, 3.63) is 65.7 Å². The quantitative estimate of drug-likeness (QED) is 0.832. The Bertz CT molecular complexity index is 629. The summed E-state index contributed by atoms with van der Waals surface area (Å²) in [6.07, 6.45) is 0.869. The Morgan fingerprint density at radius 1 is 1.11 bits per heavy atom. The number of para-hydroxylation sites is 1. The number of rotatable bonds is 3. The van der Waals surface area contributed by atoms with Gasteiger partial charge in [0.1, 0.15) is 5.75 Å². The first kappa shape index (κ1) is 11.8. The molecule has 2 heteroatoms. The van der Waals surface area contributed by atoms with Gasteiger partial charge in [0.15, 0.2) is 0 Å². The van der Waals surface area contributed by atoms with Crippen molar-refractivity contribution in [1.29, 1.82) is 5.26 Å². The smallest absolute Gasteiger partial charge is 0.122 e. The molecule has 1 aliphatic rings. The number of hydrogen-bond donors (Lipinski definition) is 0. The van der Waals surface area contributed by atoms with E-state index in [4.69, 9.17) is 4.74 Å². The molecule has 0 radical (unpaired) electrons. The van der Waals surface area contributed by atoms with Crippen LogP contribution >= 0.6 is 0 Å². The van der Waals surface area contributed by atoms with Crippen LogP contribution in [-0.2, 0) is 5.41 Å². The van der Waals surface area contributed by atoms with Crippen molar-refractivity contribution >= 4 is 0 Å². The summed E-state index contributed by atoms with van der Waals surface area (Å²) in [7, 11) is 1.68. The predicted molar refractivity (Wildman–Crippen MR) is 74.1 cm³/mol. The first-order valence-corrected chi connectivity index (χ1v) is 6.41. The molecule has 1 aliphatic carbocycles. The molecule has 2 aromatic rings. The lowest BCUT2D eigenvalue weighted by Gasteiger charge is -2.12. The highest BCUT2D eigenvalue weighted by molar-refractivity contribution is 5.52. The van der Waals surface area contributed by atoms with E-state index in [1.165, 1.54) is 0 Å². The standard InChI is InChI=1S/C17H15NO/c1-19-16-10-6-5-9-14(16)15-11-17(15,12-18)13-7-3-2-4-8-13/h2-10,15H,11H2,1H3/t15-,17+/m1/s1. The largest absolute Gasteiger partial charge is 0.496 e. The van der Waals surface area contributed by atoms with Crippen molar-refractivity contribution in [2.75, 3.05) is 7.11 Å². The first-order valence-electron chi connectivity index (χ1n) is 6.41. The maximum absolute atomic E-state index is 9.61. The van der Waals surface area contributed by atoms with Gasteiger partial charge in [0.25, 0.3) is 0 Å². The maximum atomic E-state index is 9.61. The summed E-state index contributed by atoms with van der Waals surface area (Å²) in [5.41, 5.74) is 1.86. The second-order valence-electron chi connectivity index (χ2n) is 4.95. The van der Waals surface area contributed by atoms with Gasteiger partial charge >= 0.3 is 0 Å². The van der Waals surface area contributed by atoms with E-state index in [9.17, 15) is 5.26 Å². The molecule has 0 spiro atoms. The van der Waals surface area contributed by atoms with E-state index in [-0.39, 0.29) is 11.3 Å². The summed E-state index contributed by atoms with van der Waals surface area (Å²) < 4.78 is 5.41. The molecule has 0 aliphatic heterocycles. The van der Waals surface area contributed by atoms with Gasteiger partial charge in [-0.1, -0.05) is 48.5 Å². The van der Waals surface area contributed by atoms with Crippen LogP contribution in [0.15, 0.2) is 54.6 Å². The Kier molecular flexibility index (Phi) is 2.76. The zero-order valence-electron chi connectivity index (χ0n) is 10.8. The van der Waals surface area contributed by atoms with Crippen molar-refractivity contribution in [2.24, 2.45) is 0 Å². The van der Waals surface area contributed by atoms with Gasteiger partial charge in [-0.2, -0.15) is 5.26 Å². The molecule has 0 unspecified atom stereocenters. The normalized spacial score (nSPS) is 24.5. The highest BCUT2D eigenvalue weighted by Crippen LogP contribution is 2.61. The minimum Gasteiger partial charge on any atom is -0.496 e. The zero-order valence-corrected chi connectivity index (χ0v) is 10.8. The molecule has 94 valence electrons. The molecule has 1 fully saturated rings. The lowest BCUT2D eigenvalue weighted by Crippen LogP contribution is -2.06. The molecule has 2 nitrogen and oxygen atoms in total. The van der Waals surface area contributed by atoms with Gasteiger partial charge in [-0.15, -0.1) is 0 Å². The van der Waals surface area contributed by atoms with Crippen LogP contribution in [0.2, 0.25) is 0 Å². The number of ether oxygens (including phenoxy) is 1.